The van der Waals surface area contributed by atoms with Crippen molar-refractivity contribution in [2.24, 2.45) is 0 Å². The van der Waals surface area contributed by atoms with Gasteiger partial charge in [-0.15, -0.1) is 0 Å². The quantitative estimate of drug-likeness (QED) is 0.619. The van der Waals surface area contributed by atoms with Gasteiger partial charge in [0.1, 0.15) is 17.3 Å². The van der Waals surface area contributed by atoms with Gasteiger partial charge in [-0.1, -0.05) is 18.2 Å². The van der Waals surface area contributed by atoms with Crippen LogP contribution in [-0.2, 0) is 19.7 Å². The van der Waals surface area contributed by atoms with Gasteiger partial charge in [0.15, 0.2) is 0 Å². The van der Waals surface area contributed by atoms with Crippen LogP contribution in [0.4, 0.5) is 10.5 Å². The third-order valence-electron chi connectivity index (χ3n) is 6.33. The molecule has 7 heteroatoms. The molecule has 2 aromatic heterocycles. The summed E-state index contributed by atoms with van der Waals surface area (Å²) >= 11 is 0. The molecular formula is C24H21NO6. The maximum Gasteiger partial charge on any atom is 0.421 e. The second-order valence-electron chi connectivity index (χ2n) is 7.81. The fourth-order valence-corrected chi connectivity index (χ4v) is 5.20. The first kappa shape index (κ1) is 19.4. The highest BCUT2D eigenvalue weighted by Gasteiger charge is 2.65. The summed E-state index contributed by atoms with van der Waals surface area (Å²) in [5, 5.41) is 0. The number of fused-ring (bicyclic) bond motifs is 2. The van der Waals surface area contributed by atoms with Crippen LogP contribution in [0.5, 0.6) is 0 Å². The number of furan rings is 2. The fraction of sp³-hybridized carbons (Fsp3) is 0.292. The molecule has 1 spiro atoms. The SMILES string of the molecule is CCOC(=O)N1C(=O)C2(c3ccccc31)[C@@H](c1ccco1)CC(=O)C[C@@H]2c1ccco1. The van der Waals surface area contributed by atoms with Gasteiger partial charge in [-0.3, -0.25) is 9.59 Å². The van der Waals surface area contributed by atoms with Crippen molar-refractivity contribution >= 4 is 23.5 Å². The van der Waals surface area contributed by atoms with E-state index in [1.807, 2.05) is 12.1 Å². The number of amides is 2. The average molecular weight is 419 g/mol. The maximum atomic E-state index is 14.2. The average Bonchev–Trinajstić information content (AvgIpc) is 3.51. The summed E-state index contributed by atoms with van der Waals surface area (Å²) in [6, 6.07) is 14.2. The predicted molar refractivity (Wildman–Crippen MR) is 110 cm³/mol. The van der Waals surface area contributed by atoms with Crippen LogP contribution in [0.1, 0.15) is 48.7 Å². The Balaban J connectivity index is 1.80. The molecule has 0 unspecified atom stereocenters. The molecule has 0 bridgehead atoms. The van der Waals surface area contributed by atoms with Crippen molar-refractivity contribution in [1.82, 2.24) is 0 Å². The zero-order valence-electron chi connectivity index (χ0n) is 16.9. The molecular weight excluding hydrogens is 398 g/mol. The van der Waals surface area contributed by atoms with Crippen molar-refractivity contribution in [2.45, 2.75) is 37.0 Å². The van der Waals surface area contributed by atoms with Crippen molar-refractivity contribution in [3.05, 3.63) is 78.1 Å². The molecule has 31 heavy (non-hydrogen) atoms. The van der Waals surface area contributed by atoms with E-state index in [1.165, 1.54) is 12.5 Å². The molecule has 0 radical (unpaired) electrons. The van der Waals surface area contributed by atoms with Crippen LogP contribution >= 0.6 is 0 Å². The minimum Gasteiger partial charge on any atom is -0.469 e. The molecule has 1 aliphatic heterocycles. The van der Waals surface area contributed by atoms with Gasteiger partial charge in [0.2, 0.25) is 5.91 Å². The summed E-state index contributed by atoms with van der Waals surface area (Å²) < 4.78 is 16.6. The number of hydrogen-bond acceptors (Lipinski definition) is 6. The monoisotopic (exact) mass is 419 g/mol. The molecule has 3 heterocycles. The van der Waals surface area contributed by atoms with Crippen LogP contribution < -0.4 is 4.90 Å². The number of rotatable bonds is 3. The largest absolute Gasteiger partial charge is 0.469 e. The molecule has 2 amide bonds. The van der Waals surface area contributed by atoms with Crippen LogP contribution in [0, 0.1) is 0 Å². The lowest BCUT2D eigenvalue weighted by Crippen LogP contribution is -2.53. The Morgan fingerprint density at radius 2 is 1.61 bits per heavy atom. The number of carbonyl (C=O) groups is 3. The zero-order valence-corrected chi connectivity index (χ0v) is 16.9. The Morgan fingerprint density at radius 3 is 2.16 bits per heavy atom. The number of nitrogens with zero attached hydrogens (tertiary/aromatic N) is 1. The van der Waals surface area contributed by atoms with E-state index in [-0.39, 0.29) is 25.2 Å². The number of hydrogen-bond donors (Lipinski definition) is 0. The molecule has 158 valence electrons. The molecule has 5 rings (SSSR count). The lowest BCUT2D eigenvalue weighted by atomic mass is 9.55. The standard InChI is InChI=1S/C24H21NO6/c1-2-29-23(28)25-19-8-4-3-7-16(19)24(22(25)27)17(20-9-5-11-30-20)13-15(26)14-18(24)21-10-6-12-31-21/h3-12,17-18H,2,13-14H2,1H3/t17-,18-/m1/s1. The number of imide groups is 1. The molecule has 2 atom stereocenters. The van der Waals surface area contributed by atoms with E-state index in [4.69, 9.17) is 13.6 Å². The minimum absolute atomic E-state index is 0.00768. The predicted octanol–water partition coefficient (Wildman–Crippen LogP) is 4.54. The summed E-state index contributed by atoms with van der Waals surface area (Å²) in [6.45, 7) is 1.83. The van der Waals surface area contributed by atoms with Crippen LogP contribution in [0.2, 0.25) is 0 Å². The van der Waals surface area contributed by atoms with Gasteiger partial charge in [0.05, 0.1) is 30.2 Å². The topological polar surface area (TPSA) is 90.0 Å². The highest BCUT2D eigenvalue weighted by molar-refractivity contribution is 6.22. The first-order valence-electron chi connectivity index (χ1n) is 10.3. The molecule has 1 aromatic carbocycles. The number of Topliss-reactive ketones (excluding diaryl/α,β-unsaturated/α-hetero) is 1. The number of ketones is 1. The number of benzene rings is 1. The van der Waals surface area contributed by atoms with Gasteiger partial charge in [0, 0.05) is 24.7 Å². The maximum absolute atomic E-state index is 14.2. The summed E-state index contributed by atoms with van der Waals surface area (Å²) in [4.78, 5) is 41.0. The molecule has 7 nitrogen and oxygen atoms in total. The third-order valence-corrected chi connectivity index (χ3v) is 6.33. The molecule has 0 saturated heterocycles. The normalized spacial score (nSPS) is 22.0. The van der Waals surface area contributed by atoms with E-state index in [1.54, 1.807) is 43.3 Å². The highest BCUT2D eigenvalue weighted by atomic mass is 16.6. The fourth-order valence-electron chi connectivity index (χ4n) is 5.20. The van der Waals surface area contributed by atoms with Gasteiger partial charge in [-0.25, -0.2) is 9.69 Å². The second-order valence-corrected chi connectivity index (χ2v) is 7.81. The number of carbonyl (C=O) groups excluding carboxylic acids is 3. The van der Waals surface area contributed by atoms with Crippen LogP contribution in [0.25, 0.3) is 0 Å². The molecule has 1 fully saturated rings. The summed E-state index contributed by atoms with van der Waals surface area (Å²) in [7, 11) is 0. The number of ether oxygens (including phenoxy) is 1. The zero-order chi connectivity index (χ0) is 21.6. The lowest BCUT2D eigenvalue weighted by Gasteiger charge is -2.43. The second kappa shape index (κ2) is 7.27. The van der Waals surface area contributed by atoms with Crippen molar-refractivity contribution < 1.29 is 28.0 Å². The third kappa shape index (κ3) is 2.69. The number of anilines is 1. The van der Waals surface area contributed by atoms with E-state index >= 15 is 0 Å². The highest BCUT2D eigenvalue weighted by Crippen LogP contribution is 2.61. The van der Waals surface area contributed by atoms with Crippen LogP contribution in [-0.4, -0.2) is 24.4 Å². The molecule has 3 aromatic rings. The van der Waals surface area contributed by atoms with E-state index in [2.05, 4.69) is 0 Å². The Labute approximate surface area is 178 Å². The molecule has 1 saturated carbocycles. The van der Waals surface area contributed by atoms with Crippen LogP contribution in [0.15, 0.2) is 69.9 Å². The van der Waals surface area contributed by atoms with E-state index in [0.29, 0.717) is 22.8 Å². The van der Waals surface area contributed by atoms with Crippen molar-refractivity contribution in [3.8, 4) is 0 Å². The van der Waals surface area contributed by atoms with Gasteiger partial charge >= 0.3 is 6.09 Å². The van der Waals surface area contributed by atoms with Gasteiger partial charge < -0.3 is 13.6 Å². The summed E-state index contributed by atoms with van der Waals surface area (Å²) in [6.07, 6.45) is 2.57. The molecule has 1 aliphatic carbocycles. The van der Waals surface area contributed by atoms with Gasteiger partial charge in [-0.2, -0.15) is 0 Å². The van der Waals surface area contributed by atoms with E-state index < -0.39 is 29.3 Å². The molecule has 2 aliphatic rings. The minimum atomic E-state index is -1.24. The Kier molecular flexibility index (Phi) is 4.54. The number of para-hydroxylation sites is 1. The first-order chi connectivity index (χ1) is 15.1. The first-order valence-corrected chi connectivity index (χ1v) is 10.3. The Morgan fingerprint density at radius 1 is 1.00 bits per heavy atom. The summed E-state index contributed by atoms with van der Waals surface area (Å²) in [5.74, 6) is -0.550. The Hall–Kier alpha value is -3.61. The smallest absolute Gasteiger partial charge is 0.421 e. The lowest BCUT2D eigenvalue weighted by molar-refractivity contribution is -0.130. The van der Waals surface area contributed by atoms with Crippen LogP contribution in [0.3, 0.4) is 0 Å². The Bertz CT molecular complexity index is 1080. The van der Waals surface area contributed by atoms with Gasteiger partial charge in [0.25, 0.3) is 0 Å². The van der Waals surface area contributed by atoms with Gasteiger partial charge in [-0.05, 0) is 42.8 Å². The van der Waals surface area contributed by atoms with Crippen molar-refractivity contribution in [2.75, 3.05) is 11.5 Å². The van der Waals surface area contributed by atoms with Crippen molar-refractivity contribution in [3.63, 3.8) is 0 Å². The van der Waals surface area contributed by atoms with E-state index in [9.17, 15) is 14.4 Å². The summed E-state index contributed by atoms with van der Waals surface area (Å²) in [5.41, 5.74) is -0.107. The molecule has 0 N–H and O–H groups in total. The van der Waals surface area contributed by atoms with E-state index in [0.717, 1.165) is 4.90 Å². The van der Waals surface area contributed by atoms with Crippen molar-refractivity contribution in [1.29, 1.82) is 0 Å².